The second-order valence-electron chi connectivity index (χ2n) is 10.7. The smallest absolute Gasteiger partial charge is 0.251 e. The molecule has 1 aromatic heterocycles. The van der Waals surface area contributed by atoms with Crippen molar-refractivity contribution in [3.63, 3.8) is 0 Å². The predicted octanol–water partition coefficient (Wildman–Crippen LogP) is 4.73. The third-order valence-electron chi connectivity index (χ3n) is 6.62. The molecule has 0 unspecified atom stereocenters. The van der Waals surface area contributed by atoms with E-state index in [0.717, 1.165) is 16.8 Å². The highest BCUT2D eigenvalue weighted by atomic mass is 16.5. The lowest BCUT2D eigenvalue weighted by Gasteiger charge is -2.20. The molecule has 0 aliphatic rings. The molecule has 1 atom stereocenters. The van der Waals surface area contributed by atoms with E-state index in [1.54, 1.807) is 30.5 Å². The maximum atomic E-state index is 12.9. The largest absolute Gasteiger partial charge is 0.457 e. The molecule has 44 heavy (non-hydrogen) atoms. The van der Waals surface area contributed by atoms with Crippen molar-refractivity contribution < 1.29 is 23.9 Å². The van der Waals surface area contributed by atoms with Gasteiger partial charge in [0.2, 0.25) is 11.8 Å². The number of aromatic nitrogens is 1. The maximum absolute atomic E-state index is 12.9. The van der Waals surface area contributed by atoms with Crippen LogP contribution in [0.4, 0.5) is 0 Å². The second-order valence-corrected chi connectivity index (χ2v) is 10.7. The molecule has 4 aromatic rings. The van der Waals surface area contributed by atoms with Gasteiger partial charge in [-0.25, -0.2) is 0 Å². The summed E-state index contributed by atoms with van der Waals surface area (Å²) < 4.78 is 5.77. The van der Waals surface area contributed by atoms with Crippen LogP contribution in [0.3, 0.4) is 0 Å². The van der Waals surface area contributed by atoms with Crippen molar-refractivity contribution >= 4 is 23.5 Å². The van der Waals surface area contributed by atoms with Gasteiger partial charge in [0, 0.05) is 17.3 Å². The lowest BCUT2D eigenvalue weighted by molar-refractivity contribution is -0.127. The summed E-state index contributed by atoms with van der Waals surface area (Å²) in [5.41, 5.74) is 2.86. The summed E-state index contributed by atoms with van der Waals surface area (Å²) in [6.45, 7) is 3.38. The summed E-state index contributed by atoms with van der Waals surface area (Å²) in [5, 5.41) is 7.99. The summed E-state index contributed by atoms with van der Waals surface area (Å²) in [7, 11) is 0. The number of benzene rings is 3. The van der Waals surface area contributed by atoms with Crippen LogP contribution in [0.2, 0.25) is 0 Å². The quantitative estimate of drug-likeness (QED) is 0.194. The summed E-state index contributed by atoms with van der Waals surface area (Å²) >= 11 is 0. The van der Waals surface area contributed by atoms with E-state index >= 15 is 0 Å². The Labute approximate surface area is 257 Å². The van der Waals surface area contributed by atoms with Gasteiger partial charge in [-0.15, -0.1) is 0 Å². The summed E-state index contributed by atoms with van der Waals surface area (Å²) in [6.07, 6.45) is 2.19. The number of nitrogens with zero attached hydrogens (tertiary/aromatic N) is 1. The minimum Gasteiger partial charge on any atom is -0.457 e. The third-order valence-corrected chi connectivity index (χ3v) is 6.62. The van der Waals surface area contributed by atoms with Crippen molar-refractivity contribution in [1.82, 2.24) is 20.9 Å². The van der Waals surface area contributed by atoms with E-state index in [0.29, 0.717) is 23.5 Å². The molecule has 3 amide bonds. The van der Waals surface area contributed by atoms with Crippen LogP contribution in [0.15, 0.2) is 103 Å². The number of para-hydroxylation sites is 1. The number of Topliss-reactive ketones (excluding diaryl/α,β-unsaturated/α-hetero) is 1. The number of ketones is 1. The molecule has 0 spiro atoms. The summed E-state index contributed by atoms with van der Waals surface area (Å²) in [6, 6.07) is 28.2. The standard InChI is InChI=1S/C35H36N4O5/c1-24(2)19-32(39-34(42)26-14-16-30(17-15-26)44-29-11-4-3-5-12-29)35(43)38-23-28(40)22-37-33(41)21-25-9-8-10-27(20-25)31-13-6-7-18-36-31/h3-18,20,24,32H,19,21-23H2,1-2H3,(H,37,41)(H,38,43)(H,39,42)/t32-/m0/s1. The molecule has 0 saturated carbocycles. The Hall–Kier alpha value is -5.31. The van der Waals surface area contributed by atoms with Crippen molar-refractivity contribution in [1.29, 1.82) is 0 Å². The van der Waals surface area contributed by atoms with Gasteiger partial charge in [0.25, 0.3) is 5.91 Å². The molecule has 1 heterocycles. The fraction of sp³-hybridized carbons (Fsp3) is 0.229. The van der Waals surface area contributed by atoms with Crippen LogP contribution in [0, 0.1) is 5.92 Å². The zero-order chi connectivity index (χ0) is 31.3. The van der Waals surface area contributed by atoms with Crippen molar-refractivity contribution in [3.8, 4) is 22.8 Å². The number of carbonyl (C=O) groups is 4. The Morgan fingerprint density at radius 1 is 0.773 bits per heavy atom. The average Bonchev–Trinajstić information content (AvgIpc) is 3.03. The van der Waals surface area contributed by atoms with Crippen LogP contribution < -0.4 is 20.7 Å². The van der Waals surface area contributed by atoms with E-state index in [4.69, 9.17) is 4.74 Å². The van der Waals surface area contributed by atoms with Crippen molar-refractivity contribution in [3.05, 3.63) is 114 Å². The highest BCUT2D eigenvalue weighted by molar-refractivity contribution is 5.98. The van der Waals surface area contributed by atoms with Gasteiger partial charge in [0.15, 0.2) is 5.78 Å². The van der Waals surface area contributed by atoms with Gasteiger partial charge >= 0.3 is 0 Å². The molecule has 0 bridgehead atoms. The SMILES string of the molecule is CC(C)C[C@H](NC(=O)c1ccc(Oc2ccccc2)cc1)C(=O)NCC(=O)CNC(=O)Cc1cccc(-c2ccccn2)c1. The molecule has 9 heteroatoms. The zero-order valence-electron chi connectivity index (χ0n) is 24.8. The van der Waals surface area contributed by atoms with Crippen molar-refractivity contribution in [2.45, 2.75) is 32.7 Å². The van der Waals surface area contributed by atoms with Crippen LogP contribution in [-0.4, -0.2) is 47.6 Å². The van der Waals surface area contributed by atoms with Gasteiger partial charge in [-0.3, -0.25) is 24.2 Å². The number of amides is 3. The highest BCUT2D eigenvalue weighted by Crippen LogP contribution is 2.21. The third kappa shape index (κ3) is 9.90. The van der Waals surface area contributed by atoms with E-state index in [2.05, 4.69) is 20.9 Å². The van der Waals surface area contributed by atoms with Crippen LogP contribution in [0.1, 0.15) is 36.2 Å². The van der Waals surface area contributed by atoms with Gasteiger partial charge in [0.05, 0.1) is 25.2 Å². The molecule has 3 N–H and O–H groups in total. The minimum absolute atomic E-state index is 0.0994. The molecule has 0 saturated heterocycles. The predicted molar refractivity (Wildman–Crippen MR) is 168 cm³/mol. The monoisotopic (exact) mass is 592 g/mol. The van der Waals surface area contributed by atoms with E-state index < -0.39 is 17.9 Å². The first-order chi connectivity index (χ1) is 21.3. The van der Waals surface area contributed by atoms with Gasteiger partial charge < -0.3 is 20.7 Å². The van der Waals surface area contributed by atoms with E-state index in [1.165, 1.54) is 0 Å². The molecule has 9 nitrogen and oxygen atoms in total. The lowest BCUT2D eigenvalue weighted by Crippen LogP contribution is -2.49. The molecule has 0 aliphatic carbocycles. The minimum atomic E-state index is -0.837. The van der Waals surface area contributed by atoms with Crippen LogP contribution in [0.5, 0.6) is 11.5 Å². The van der Waals surface area contributed by atoms with Crippen LogP contribution in [0.25, 0.3) is 11.3 Å². The number of hydrogen-bond acceptors (Lipinski definition) is 6. The average molecular weight is 593 g/mol. The number of rotatable bonds is 14. The molecular weight excluding hydrogens is 556 g/mol. The second kappa shape index (κ2) is 15.8. The number of carbonyl (C=O) groups excluding carboxylic acids is 4. The van der Waals surface area contributed by atoms with Gasteiger partial charge in [-0.1, -0.05) is 56.3 Å². The zero-order valence-corrected chi connectivity index (χ0v) is 24.8. The molecule has 0 fully saturated rings. The Bertz CT molecular complexity index is 1560. The number of hydrogen-bond donors (Lipinski definition) is 3. The Balaban J connectivity index is 1.24. The first kappa shape index (κ1) is 31.6. The van der Waals surface area contributed by atoms with Gasteiger partial charge in [0.1, 0.15) is 17.5 Å². The fourth-order valence-electron chi connectivity index (χ4n) is 4.43. The fourth-order valence-corrected chi connectivity index (χ4v) is 4.43. The first-order valence-electron chi connectivity index (χ1n) is 14.5. The highest BCUT2D eigenvalue weighted by Gasteiger charge is 2.23. The Morgan fingerprint density at radius 3 is 2.18 bits per heavy atom. The van der Waals surface area contributed by atoms with Crippen molar-refractivity contribution in [2.75, 3.05) is 13.1 Å². The Morgan fingerprint density at radius 2 is 1.48 bits per heavy atom. The van der Waals surface area contributed by atoms with Gasteiger partial charge in [-0.2, -0.15) is 0 Å². The first-order valence-corrected chi connectivity index (χ1v) is 14.5. The van der Waals surface area contributed by atoms with Gasteiger partial charge in [-0.05, 0) is 72.5 Å². The topological polar surface area (TPSA) is 126 Å². The van der Waals surface area contributed by atoms with Crippen LogP contribution >= 0.6 is 0 Å². The summed E-state index contributed by atoms with van der Waals surface area (Å²) in [4.78, 5) is 55.1. The van der Waals surface area contributed by atoms with E-state index in [1.807, 2.05) is 86.6 Å². The summed E-state index contributed by atoms with van der Waals surface area (Å²) in [5.74, 6) is -0.194. The molecule has 3 aromatic carbocycles. The molecule has 4 rings (SSSR count). The number of pyridine rings is 1. The number of ether oxygens (including phenoxy) is 1. The maximum Gasteiger partial charge on any atom is 0.251 e. The molecular formula is C35H36N4O5. The van der Waals surface area contributed by atoms with Crippen molar-refractivity contribution in [2.24, 2.45) is 5.92 Å². The molecule has 0 radical (unpaired) electrons. The molecule has 226 valence electrons. The molecule has 0 aliphatic heterocycles. The lowest BCUT2D eigenvalue weighted by atomic mass is 10.0. The van der Waals surface area contributed by atoms with Crippen LogP contribution in [-0.2, 0) is 20.8 Å². The normalized spacial score (nSPS) is 11.3. The van der Waals surface area contributed by atoms with E-state index in [-0.39, 0.29) is 37.1 Å². The number of nitrogens with one attached hydrogen (secondary N) is 3. The Kier molecular flexibility index (Phi) is 11.3. The van der Waals surface area contributed by atoms with E-state index in [9.17, 15) is 19.2 Å².